The maximum Gasteiger partial charge on any atom is 0.326 e. The summed E-state index contributed by atoms with van der Waals surface area (Å²) in [6, 6.07) is 1.10. The van der Waals surface area contributed by atoms with Gasteiger partial charge < -0.3 is 42.7 Å². The van der Waals surface area contributed by atoms with Crippen LogP contribution in [0.15, 0.2) is 24.3 Å². The van der Waals surface area contributed by atoms with Gasteiger partial charge in [0.25, 0.3) is 0 Å². The Kier molecular flexibility index (Phi) is 13.8. The van der Waals surface area contributed by atoms with Crippen molar-refractivity contribution in [3.63, 3.8) is 0 Å². The molecule has 0 fully saturated rings. The number of rotatable bonds is 17. The molecule has 0 saturated carbocycles. The van der Waals surface area contributed by atoms with Crippen molar-refractivity contribution in [3.05, 3.63) is 29.8 Å². The van der Waals surface area contributed by atoms with E-state index >= 15 is 0 Å². The number of carbonyl (C=O) groups excluding carboxylic acids is 3. The van der Waals surface area contributed by atoms with Crippen LogP contribution in [0.4, 0.5) is 0 Å². The minimum Gasteiger partial charge on any atom is -0.508 e. The van der Waals surface area contributed by atoms with Crippen molar-refractivity contribution in [2.24, 2.45) is 17.4 Å². The highest BCUT2D eigenvalue weighted by molar-refractivity contribution is 5.95. The number of hydrogen-bond acceptors (Lipinski definition) is 8. The van der Waals surface area contributed by atoms with Crippen molar-refractivity contribution in [1.29, 1.82) is 0 Å². The zero-order valence-electron chi connectivity index (χ0n) is 21.7. The van der Waals surface area contributed by atoms with Gasteiger partial charge in [-0.05, 0) is 55.8 Å². The summed E-state index contributed by atoms with van der Waals surface area (Å²) in [4.78, 5) is 61.6. The van der Waals surface area contributed by atoms with Gasteiger partial charge in [-0.15, -0.1) is 0 Å². The molecule has 0 aromatic heterocycles. The van der Waals surface area contributed by atoms with Crippen molar-refractivity contribution in [2.45, 2.75) is 76.5 Å². The van der Waals surface area contributed by atoms with E-state index in [9.17, 15) is 39.3 Å². The number of amides is 3. The third-order valence-corrected chi connectivity index (χ3v) is 6.10. The van der Waals surface area contributed by atoms with Gasteiger partial charge in [-0.3, -0.25) is 19.2 Å². The second kappa shape index (κ2) is 16.2. The van der Waals surface area contributed by atoms with Crippen LogP contribution in [0.2, 0.25) is 0 Å². The largest absolute Gasteiger partial charge is 0.508 e. The third-order valence-electron chi connectivity index (χ3n) is 6.10. The van der Waals surface area contributed by atoms with Crippen molar-refractivity contribution in [1.82, 2.24) is 16.0 Å². The fourth-order valence-corrected chi connectivity index (χ4v) is 3.61. The predicted molar refractivity (Wildman–Crippen MR) is 138 cm³/mol. The topological polar surface area (TPSA) is 234 Å². The number of nitrogens with two attached hydrogens (primary N) is 2. The molecule has 3 amide bonds. The van der Waals surface area contributed by atoms with Crippen LogP contribution in [0.3, 0.4) is 0 Å². The Morgan fingerprint density at radius 2 is 1.50 bits per heavy atom. The van der Waals surface area contributed by atoms with Crippen LogP contribution < -0.4 is 27.4 Å². The molecule has 38 heavy (non-hydrogen) atoms. The molecule has 0 spiro atoms. The Balaban J connectivity index is 2.97. The van der Waals surface area contributed by atoms with Crippen molar-refractivity contribution >= 4 is 29.7 Å². The van der Waals surface area contributed by atoms with Crippen LogP contribution in [-0.4, -0.2) is 75.7 Å². The SMILES string of the molecule is CCC(C)C(NC(=O)C(N)Cc1ccc(O)cc1)C(=O)NC(CC(=O)O)C(=O)NC(CCCCN)C(=O)O. The quantitative estimate of drug-likeness (QED) is 0.118. The number of carboxylic acid groups (broad SMARTS) is 2. The van der Waals surface area contributed by atoms with E-state index in [4.69, 9.17) is 11.5 Å². The first-order valence-corrected chi connectivity index (χ1v) is 12.5. The summed E-state index contributed by atoms with van der Waals surface area (Å²) in [5.74, 6) is -5.45. The van der Waals surface area contributed by atoms with Crippen LogP contribution >= 0.6 is 0 Å². The molecule has 0 saturated heterocycles. The number of phenols is 1. The highest BCUT2D eigenvalue weighted by Gasteiger charge is 2.33. The monoisotopic (exact) mass is 537 g/mol. The summed E-state index contributed by atoms with van der Waals surface area (Å²) in [7, 11) is 0. The van der Waals surface area contributed by atoms with E-state index in [1.165, 1.54) is 12.1 Å². The molecule has 13 nitrogen and oxygen atoms in total. The molecule has 10 N–H and O–H groups in total. The van der Waals surface area contributed by atoms with Crippen LogP contribution in [0.1, 0.15) is 51.5 Å². The number of hydrogen-bond donors (Lipinski definition) is 8. The first kappa shape index (κ1) is 32.3. The van der Waals surface area contributed by atoms with Gasteiger partial charge in [0.1, 0.15) is 23.9 Å². The molecule has 5 atom stereocenters. The zero-order valence-corrected chi connectivity index (χ0v) is 21.7. The Morgan fingerprint density at radius 1 is 0.895 bits per heavy atom. The fraction of sp³-hybridized carbons (Fsp3) is 0.560. The Bertz CT molecular complexity index is 956. The molecule has 0 bridgehead atoms. The van der Waals surface area contributed by atoms with Gasteiger partial charge in [0.05, 0.1) is 12.5 Å². The number of aromatic hydroxyl groups is 1. The lowest BCUT2D eigenvalue weighted by molar-refractivity contribution is -0.144. The minimum absolute atomic E-state index is 0.0606. The molecule has 13 heteroatoms. The van der Waals surface area contributed by atoms with E-state index in [2.05, 4.69) is 16.0 Å². The average Bonchev–Trinajstić information content (AvgIpc) is 2.86. The van der Waals surface area contributed by atoms with E-state index in [1.807, 2.05) is 0 Å². The molecule has 1 aromatic rings. The highest BCUT2D eigenvalue weighted by atomic mass is 16.4. The van der Waals surface area contributed by atoms with Gasteiger partial charge in [0.15, 0.2) is 0 Å². The maximum absolute atomic E-state index is 13.1. The molecule has 0 aliphatic carbocycles. The van der Waals surface area contributed by atoms with Gasteiger partial charge in [-0.25, -0.2) is 4.79 Å². The predicted octanol–water partition coefficient (Wildman–Crippen LogP) is -0.549. The smallest absolute Gasteiger partial charge is 0.326 e. The second-order valence-electron chi connectivity index (χ2n) is 9.19. The van der Waals surface area contributed by atoms with E-state index in [1.54, 1.807) is 26.0 Å². The number of phenolic OH excluding ortho intramolecular Hbond substituents is 1. The van der Waals surface area contributed by atoms with Gasteiger partial charge in [0, 0.05) is 0 Å². The lowest BCUT2D eigenvalue weighted by atomic mass is 9.96. The maximum atomic E-state index is 13.1. The third kappa shape index (κ3) is 11.1. The van der Waals surface area contributed by atoms with Crippen molar-refractivity contribution in [3.8, 4) is 5.75 Å². The minimum atomic E-state index is -1.58. The van der Waals surface area contributed by atoms with Crippen molar-refractivity contribution < 1.29 is 39.3 Å². The van der Waals surface area contributed by atoms with Crippen LogP contribution in [0.5, 0.6) is 5.75 Å². The zero-order chi connectivity index (χ0) is 28.8. The van der Waals surface area contributed by atoms with Gasteiger partial charge in [-0.1, -0.05) is 32.4 Å². The number of aliphatic carboxylic acids is 2. The normalized spacial score (nSPS) is 14.8. The average molecular weight is 538 g/mol. The van der Waals surface area contributed by atoms with Crippen molar-refractivity contribution in [2.75, 3.05) is 6.54 Å². The van der Waals surface area contributed by atoms with Crippen LogP contribution in [0, 0.1) is 5.92 Å². The number of carboxylic acids is 2. The van der Waals surface area contributed by atoms with Crippen LogP contribution in [-0.2, 0) is 30.4 Å². The molecule has 0 aliphatic heterocycles. The molecular weight excluding hydrogens is 498 g/mol. The summed E-state index contributed by atoms with van der Waals surface area (Å²) >= 11 is 0. The van der Waals surface area contributed by atoms with E-state index in [0.29, 0.717) is 31.4 Å². The molecule has 0 radical (unpaired) electrons. The summed E-state index contributed by atoms with van der Waals surface area (Å²) in [5, 5.41) is 35.3. The second-order valence-corrected chi connectivity index (χ2v) is 9.19. The van der Waals surface area contributed by atoms with Gasteiger partial charge >= 0.3 is 11.9 Å². The Hall–Kier alpha value is -3.71. The first-order chi connectivity index (χ1) is 17.9. The number of carbonyl (C=O) groups is 5. The summed E-state index contributed by atoms with van der Waals surface area (Å²) in [5.41, 5.74) is 12.1. The molecule has 212 valence electrons. The molecule has 1 aromatic carbocycles. The Morgan fingerprint density at radius 3 is 2.03 bits per heavy atom. The lowest BCUT2D eigenvalue weighted by Gasteiger charge is -2.27. The van der Waals surface area contributed by atoms with E-state index in [0.717, 1.165) is 0 Å². The first-order valence-electron chi connectivity index (χ1n) is 12.5. The standard InChI is InChI=1S/C25H39N5O8/c1-3-14(2)21(30-22(34)17(27)12-15-7-9-16(31)10-8-15)24(36)29-19(13-20(32)33)23(35)28-18(25(37)38)6-4-5-11-26/h7-10,14,17-19,21,31H,3-6,11-13,26-27H2,1-2H3,(H,28,35)(H,29,36)(H,30,34)(H,32,33)(H,37,38). The molecule has 1 rings (SSSR count). The summed E-state index contributed by atoms with van der Waals surface area (Å²) in [6.07, 6.45) is 0.844. The fourth-order valence-electron chi connectivity index (χ4n) is 3.61. The molecule has 0 aliphatic rings. The molecule has 0 heterocycles. The summed E-state index contributed by atoms with van der Waals surface area (Å²) < 4.78 is 0. The molecular formula is C25H39N5O8. The van der Waals surface area contributed by atoms with Crippen LogP contribution in [0.25, 0.3) is 0 Å². The highest BCUT2D eigenvalue weighted by Crippen LogP contribution is 2.13. The molecule has 5 unspecified atom stereocenters. The number of nitrogens with one attached hydrogen (secondary N) is 3. The van der Waals surface area contributed by atoms with E-state index < -0.39 is 66.2 Å². The van der Waals surface area contributed by atoms with Gasteiger partial charge in [0.2, 0.25) is 17.7 Å². The van der Waals surface area contributed by atoms with E-state index in [-0.39, 0.29) is 18.6 Å². The van der Waals surface area contributed by atoms with Gasteiger partial charge in [-0.2, -0.15) is 0 Å². The number of unbranched alkanes of at least 4 members (excludes halogenated alkanes) is 1. The summed E-state index contributed by atoms with van der Waals surface area (Å²) in [6.45, 7) is 3.83. The number of benzene rings is 1. The lowest BCUT2D eigenvalue weighted by Crippen LogP contribution is -2.59. The Labute approximate surface area is 221 Å².